The van der Waals surface area contributed by atoms with E-state index in [2.05, 4.69) is 42.3 Å². The third-order valence-corrected chi connectivity index (χ3v) is 2.24. The summed E-state index contributed by atoms with van der Waals surface area (Å²) in [5.74, 6) is 0. The van der Waals surface area contributed by atoms with Crippen molar-refractivity contribution < 1.29 is 0 Å². The van der Waals surface area contributed by atoms with Crippen molar-refractivity contribution in [1.82, 2.24) is 0 Å². The molecule has 0 bridgehead atoms. The summed E-state index contributed by atoms with van der Waals surface area (Å²) in [4.78, 5) is 4.26. The smallest absolute Gasteiger partial charge is 0.0424 e. The predicted octanol–water partition coefficient (Wildman–Crippen LogP) is 2.85. The molecule has 0 aliphatic carbocycles. The van der Waals surface area contributed by atoms with Crippen LogP contribution in [0.25, 0.3) is 5.57 Å². The number of allylic oxidation sites excluding steroid dienone is 1. The van der Waals surface area contributed by atoms with Crippen molar-refractivity contribution in [2.45, 2.75) is 13.3 Å². The standard InChI is InChI=1S/C12H13N/c1-10-4-6-11(7-5-10)12-3-2-8-13-9-12/h3-7,9H,2,8H2,1H3. The maximum Gasteiger partial charge on any atom is 0.0424 e. The first-order valence-electron chi connectivity index (χ1n) is 4.63. The van der Waals surface area contributed by atoms with Crippen LogP contribution < -0.4 is 0 Å². The van der Waals surface area contributed by atoms with Crippen molar-refractivity contribution in [3.63, 3.8) is 0 Å². The van der Waals surface area contributed by atoms with Gasteiger partial charge in [0.2, 0.25) is 0 Å². The van der Waals surface area contributed by atoms with Crippen LogP contribution in [0.15, 0.2) is 35.3 Å². The van der Waals surface area contributed by atoms with Gasteiger partial charge in [-0.2, -0.15) is 0 Å². The molecular formula is C12H13N. The number of benzene rings is 1. The molecule has 0 saturated carbocycles. The fourth-order valence-corrected chi connectivity index (χ4v) is 1.45. The first-order valence-corrected chi connectivity index (χ1v) is 4.63. The van der Waals surface area contributed by atoms with Crippen molar-refractivity contribution >= 4 is 11.8 Å². The molecule has 0 amide bonds. The van der Waals surface area contributed by atoms with Gasteiger partial charge in [-0.25, -0.2) is 0 Å². The second kappa shape index (κ2) is 3.56. The Balaban J connectivity index is 2.30. The van der Waals surface area contributed by atoms with Crippen LogP contribution in [-0.2, 0) is 0 Å². The molecule has 0 atom stereocenters. The summed E-state index contributed by atoms with van der Waals surface area (Å²) in [5.41, 5.74) is 3.83. The maximum absolute atomic E-state index is 4.26. The number of aliphatic imine (C=N–C) groups is 1. The van der Waals surface area contributed by atoms with Gasteiger partial charge >= 0.3 is 0 Å². The van der Waals surface area contributed by atoms with Crippen LogP contribution in [0.1, 0.15) is 17.5 Å². The van der Waals surface area contributed by atoms with Gasteiger partial charge < -0.3 is 0 Å². The first kappa shape index (κ1) is 8.24. The highest BCUT2D eigenvalue weighted by Crippen LogP contribution is 2.16. The molecular weight excluding hydrogens is 158 g/mol. The monoisotopic (exact) mass is 171 g/mol. The minimum Gasteiger partial charge on any atom is -0.292 e. The molecule has 66 valence electrons. The van der Waals surface area contributed by atoms with Crippen molar-refractivity contribution in [2.75, 3.05) is 6.54 Å². The highest BCUT2D eigenvalue weighted by Gasteiger charge is 2.00. The van der Waals surface area contributed by atoms with E-state index in [0.717, 1.165) is 13.0 Å². The zero-order valence-electron chi connectivity index (χ0n) is 7.83. The van der Waals surface area contributed by atoms with Crippen LogP contribution >= 0.6 is 0 Å². The molecule has 2 rings (SSSR count). The molecule has 1 heterocycles. The highest BCUT2D eigenvalue weighted by atomic mass is 14.7. The Bertz CT molecular complexity index is 344. The summed E-state index contributed by atoms with van der Waals surface area (Å²) in [6, 6.07) is 8.58. The highest BCUT2D eigenvalue weighted by molar-refractivity contribution is 6.10. The first-order chi connectivity index (χ1) is 6.36. The molecule has 1 heteroatoms. The summed E-state index contributed by atoms with van der Waals surface area (Å²) >= 11 is 0. The number of rotatable bonds is 1. The Morgan fingerprint density at radius 1 is 1.15 bits per heavy atom. The number of hydrogen-bond acceptors (Lipinski definition) is 1. The lowest BCUT2D eigenvalue weighted by atomic mass is 10.0. The molecule has 1 aliphatic rings. The SMILES string of the molecule is Cc1ccc(C2=CCCN=C2)cc1. The van der Waals surface area contributed by atoms with Crippen LogP contribution in [0.5, 0.6) is 0 Å². The number of aryl methyl sites for hydroxylation is 1. The van der Waals surface area contributed by atoms with E-state index < -0.39 is 0 Å². The van der Waals surface area contributed by atoms with Gasteiger partial charge in [-0.1, -0.05) is 35.9 Å². The molecule has 1 aromatic carbocycles. The number of dihydropyridines is 1. The van der Waals surface area contributed by atoms with Gasteiger partial charge in [0.1, 0.15) is 0 Å². The zero-order chi connectivity index (χ0) is 9.10. The summed E-state index contributed by atoms with van der Waals surface area (Å²) in [6.07, 6.45) is 5.28. The molecule has 0 aromatic heterocycles. The van der Waals surface area contributed by atoms with Crippen molar-refractivity contribution in [2.24, 2.45) is 4.99 Å². The van der Waals surface area contributed by atoms with Crippen LogP contribution in [0.4, 0.5) is 0 Å². The van der Waals surface area contributed by atoms with Crippen LogP contribution in [0, 0.1) is 6.92 Å². The van der Waals surface area contributed by atoms with Crippen molar-refractivity contribution in [3.8, 4) is 0 Å². The van der Waals surface area contributed by atoms with Gasteiger partial charge in [-0.05, 0) is 24.5 Å². The van der Waals surface area contributed by atoms with E-state index in [1.54, 1.807) is 0 Å². The van der Waals surface area contributed by atoms with E-state index >= 15 is 0 Å². The Morgan fingerprint density at radius 3 is 2.54 bits per heavy atom. The van der Waals surface area contributed by atoms with Crippen molar-refractivity contribution in [1.29, 1.82) is 0 Å². The lowest BCUT2D eigenvalue weighted by Crippen LogP contribution is -1.93. The fourth-order valence-electron chi connectivity index (χ4n) is 1.45. The molecule has 1 aliphatic heterocycles. The van der Waals surface area contributed by atoms with E-state index in [9.17, 15) is 0 Å². The van der Waals surface area contributed by atoms with E-state index in [1.807, 2.05) is 6.21 Å². The molecule has 1 aromatic rings. The Morgan fingerprint density at radius 2 is 1.92 bits per heavy atom. The maximum atomic E-state index is 4.26. The van der Waals surface area contributed by atoms with Crippen LogP contribution in [-0.4, -0.2) is 12.8 Å². The quantitative estimate of drug-likeness (QED) is 0.616. The normalized spacial score (nSPS) is 15.6. The largest absolute Gasteiger partial charge is 0.292 e. The second-order valence-corrected chi connectivity index (χ2v) is 3.35. The second-order valence-electron chi connectivity index (χ2n) is 3.35. The average Bonchev–Trinajstić information content (AvgIpc) is 2.20. The summed E-state index contributed by atoms with van der Waals surface area (Å²) < 4.78 is 0. The number of nitrogens with zero attached hydrogens (tertiary/aromatic N) is 1. The van der Waals surface area contributed by atoms with Crippen molar-refractivity contribution in [3.05, 3.63) is 41.5 Å². The third kappa shape index (κ3) is 1.86. The minimum absolute atomic E-state index is 0.940. The topological polar surface area (TPSA) is 12.4 Å². The van der Waals surface area contributed by atoms with E-state index in [0.29, 0.717) is 0 Å². The van der Waals surface area contributed by atoms with Crippen LogP contribution in [0.3, 0.4) is 0 Å². The summed E-state index contributed by atoms with van der Waals surface area (Å²) in [7, 11) is 0. The van der Waals surface area contributed by atoms with Gasteiger partial charge in [0.15, 0.2) is 0 Å². The van der Waals surface area contributed by atoms with Gasteiger partial charge in [-0.15, -0.1) is 0 Å². The summed E-state index contributed by atoms with van der Waals surface area (Å²) in [6.45, 7) is 3.04. The average molecular weight is 171 g/mol. The number of hydrogen-bond donors (Lipinski definition) is 0. The third-order valence-electron chi connectivity index (χ3n) is 2.24. The van der Waals surface area contributed by atoms with E-state index in [4.69, 9.17) is 0 Å². The molecule has 1 nitrogen and oxygen atoms in total. The van der Waals surface area contributed by atoms with Gasteiger partial charge in [0.25, 0.3) is 0 Å². The fraction of sp³-hybridized carbons (Fsp3) is 0.250. The molecule has 0 radical (unpaired) electrons. The molecule has 0 spiro atoms. The Kier molecular flexibility index (Phi) is 2.26. The lowest BCUT2D eigenvalue weighted by Gasteiger charge is -2.06. The van der Waals surface area contributed by atoms with Gasteiger partial charge in [0, 0.05) is 12.8 Å². The van der Waals surface area contributed by atoms with Gasteiger partial charge in [-0.3, -0.25) is 4.99 Å². The summed E-state index contributed by atoms with van der Waals surface area (Å²) in [5, 5.41) is 0. The minimum atomic E-state index is 0.940. The van der Waals surface area contributed by atoms with Crippen LogP contribution in [0.2, 0.25) is 0 Å². The Labute approximate surface area is 78.8 Å². The van der Waals surface area contributed by atoms with E-state index in [1.165, 1.54) is 16.7 Å². The Hall–Kier alpha value is -1.37. The lowest BCUT2D eigenvalue weighted by molar-refractivity contribution is 1.01. The molecule has 0 unspecified atom stereocenters. The molecule has 0 saturated heterocycles. The molecule has 0 N–H and O–H groups in total. The van der Waals surface area contributed by atoms with Gasteiger partial charge in [0.05, 0.1) is 0 Å². The predicted molar refractivity (Wildman–Crippen MR) is 57.1 cm³/mol. The molecule has 13 heavy (non-hydrogen) atoms. The molecule has 0 fully saturated rings. The van der Waals surface area contributed by atoms with E-state index in [-0.39, 0.29) is 0 Å². The zero-order valence-corrected chi connectivity index (χ0v) is 7.83.